The molecule has 2 rings (SSSR count). The minimum atomic E-state index is -0.775. The zero-order chi connectivity index (χ0) is 17.2. The Morgan fingerprint density at radius 1 is 1.35 bits per heavy atom. The lowest BCUT2D eigenvalue weighted by Crippen LogP contribution is -2.43. The van der Waals surface area contributed by atoms with Crippen molar-refractivity contribution in [2.75, 3.05) is 0 Å². The third kappa shape index (κ3) is 4.41. The Bertz CT molecular complexity index is 606. The summed E-state index contributed by atoms with van der Waals surface area (Å²) in [6, 6.07) is 7.29. The number of hydrogen-bond acceptors (Lipinski definition) is 4. The zero-order valence-corrected chi connectivity index (χ0v) is 15.0. The summed E-state index contributed by atoms with van der Waals surface area (Å²) in [5.41, 5.74) is 0.296. The number of carbonyl (C=O) groups excluding carboxylic acids is 3. The number of benzene rings is 1. The molecule has 0 bridgehead atoms. The minimum absolute atomic E-state index is 0.331. The number of carbonyl (C=O) groups is 3. The molecule has 124 valence electrons. The second-order valence-corrected chi connectivity index (χ2v) is 7.57. The summed E-state index contributed by atoms with van der Waals surface area (Å²) in [5, 5.41) is 0. The fourth-order valence-electron chi connectivity index (χ4n) is 2.59. The Kier molecular flexibility index (Phi) is 5.24. The number of nitrogens with zero attached hydrogens (tertiary/aromatic N) is 1. The second-order valence-electron chi connectivity index (χ2n) is 6.65. The maximum atomic E-state index is 12.3. The van der Waals surface area contributed by atoms with E-state index in [1.807, 2.05) is 24.3 Å². The van der Waals surface area contributed by atoms with Crippen molar-refractivity contribution in [3.05, 3.63) is 34.3 Å². The number of likely N-dealkylation sites (tertiary alicyclic amines) is 1. The Morgan fingerprint density at radius 3 is 2.48 bits per heavy atom. The van der Waals surface area contributed by atoms with Crippen LogP contribution in [-0.2, 0) is 20.7 Å². The molecule has 6 heteroatoms. The van der Waals surface area contributed by atoms with Crippen LogP contribution in [0.3, 0.4) is 0 Å². The van der Waals surface area contributed by atoms with Crippen molar-refractivity contribution in [1.29, 1.82) is 0 Å². The van der Waals surface area contributed by atoms with Crippen LogP contribution in [0, 0.1) is 5.92 Å². The van der Waals surface area contributed by atoms with Crippen LogP contribution in [0.1, 0.15) is 32.8 Å². The third-order valence-electron chi connectivity index (χ3n) is 3.58. The standard InChI is InChI=1S/C17H20BrNO4/c1-17(2,3)23-16(22)19-14(9-12(10-20)15(19)21)8-11-4-6-13(18)7-5-11/h4-7,10,12,14H,8-9H2,1-3H3. The quantitative estimate of drug-likeness (QED) is 0.594. The number of hydrogen-bond donors (Lipinski definition) is 0. The fraction of sp³-hybridized carbons (Fsp3) is 0.471. The predicted octanol–water partition coefficient (Wildman–Crippen LogP) is 3.34. The number of aldehydes is 1. The van der Waals surface area contributed by atoms with Crippen molar-refractivity contribution in [2.45, 2.75) is 45.3 Å². The van der Waals surface area contributed by atoms with Gasteiger partial charge >= 0.3 is 6.09 Å². The number of halogens is 1. The maximum Gasteiger partial charge on any atom is 0.417 e. The molecule has 0 saturated carbocycles. The van der Waals surface area contributed by atoms with E-state index in [1.165, 1.54) is 0 Å². The van der Waals surface area contributed by atoms with Gasteiger partial charge in [-0.1, -0.05) is 28.1 Å². The average Bonchev–Trinajstić information content (AvgIpc) is 2.75. The average molecular weight is 382 g/mol. The zero-order valence-electron chi connectivity index (χ0n) is 13.4. The van der Waals surface area contributed by atoms with Crippen LogP contribution < -0.4 is 0 Å². The minimum Gasteiger partial charge on any atom is -0.443 e. The van der Waals surface area contributed by atoms with Crippen molar-refractivity contribution in [3.8, 4) is 0 Å². The van der Waals surface area contributed by atoms with E-state index in [4.69, 9.17) is 4.74 Å². The molecule has 0 radical (unpaired) electrons. The molecule has 2 unspecified atom stereocenters. The molecule has 1 aromatic rings. The summed E-state index contributed by atoms with van der Waals surface area (Å²) >= 11 is 3.37. The Labute approximate surface area is 144 Å². The van der Waals surface area contributed by atoms with Gasteiger partial charge in [0.2, 0.25) is 5.91 Å². The SMILES string of the molecule is CC(C)(C)OC(=O)N1C(=O)C(C=O)CC1Cc1ccc(Br)cc1. The lowest BCUT2D eigenvalue weighted by Gasteiger charge is -2.27. The van der Waals surface area contributed by atoms with E-state index >= 15 is 0 Å². The molecule has 1 saturated heterocycles. The molecule has 0 aromatic heterocycles. The van der Waals surface area contributed by atoms with Crippen LogP contribution in [0.5, 0.6) is 0 Å². The number of amides is 2. The summed E-state index contributed by atoms with van der Waals surface area (Å²) in [4.78, 5) is 36.9. The van der Waals surface area contributed by atoms with Crippen molar-refractivity contribution in [3.63, 3.8) is 0 Å². The largest absolute Gasteiger partial charge is 0.443 e. The van der Waals surface area contributed by atoms with Gasteiger partial charge in [-0.2, -0.15) is 0 Å². The molecule has 1 aliphatic rings. The molecule has 0 spiro atoms. The molecule has 1 heterocycles. The number of ether oxygens (including phenoxy) is 1. The summed E-state index contributed by atoms with van der Waals surface area (Å²) in [6.45, 7) is 5.23. The van der Waals surface area contributed by atoms with E-state index in [2.05, 4.69) is 15.9 Å². The van der Waals surface area contributed by atoms with Gasteiger partial charge in [-0.05, 0) is 51.3 Å². The Hall–Kier alpha value is -1.69. The molecular formula is C17H20BrNO4. The van der Waals surface area contributed by atoms with Gasteiger partial charge in [0.1, 0.15) is 11.9 Å². The smallest absolute Gasteiger partial charge is 0.417 e. The van der Waals surface area contributed by atoms with E-state index in [0.29, 0.717) is 19.1 Å². The van der Waals surface area contributed by atoms with Crippen LogP contribution in [0.4, 0.5) is 4.79 Å². The highest BCUT2D eigenvalue weighted by atomic mass is 79.9. The van der Waals surface area contributed by atoms with E-state index in [9.17, 15) is 14.4 Å². The summed E-state index contributed by atoms with van der Waals surface area (Å²) in [5.74, 6) is -1.25. The van der Waals surface area contributed by atoms with Crippen molar-refractivity contribution in [1.82, 2.24) is 4.90 Å². The van der Waals surface area contributed by atoms with Crippen LogP contribution in [-0.4, -0.2) is 34.8 Å². The molecular weight excluding hydrogens is 362 g/mol. The highest BCUT2D eigenvalue weighted by Crippen LogP contribution is 2.28. The Morgan fingerprint density at radius 2 is 1.96 bits per heavy atom. The first-order valence-electron chi connectivity index (χ1n) is 7.47. The molecule has 1 aliphatic heterocycles. The first-order valence-corrected chi connectivity index (χ1v) is 8.26. The highest BCUT2D eigenvalue weighted by Gasteiger charge is 2.44. The van der Waals surface area contributed by atoms with E-state index in [-0.39, 0.29) is 6.04 Å². The predicted molar refractivity (Wildman–Crippen MR) is 88.9 cm³/mol. The van der Waals surface area contributed by atoms with Crippen molar-refractivity contribution < 1.29 is 19.1 Å². The van der Waals surface area contributed by atoms with Gasteiger partial charge in [0.05, 0.1) is 5.92 Å². The number of imide groups is 1. The summed E-state index contributed by atoms with van der Waals surface area (Å²) in [6.07, 6.45) is 0.760. The van der Waals surface area contributed by atoms with E-state index in [0.717, 1.165) is 14.9 Å². The number of rotatable bonds is 3. The molecule has 23 heavy (non-hydrogen) atoms. The van der Waals surface area contributed by atoms with Crippen LogP contribution in [0.2, 0.25) is 0 Å². The van der Waals surface area contributed by atoms with Gasteiger partial charge in [-0.15, -0.1) is 0 Å². The van der Waals surface area contributed by atoms with Gasteiger partial charge in [0.25, 0.3) is 0 Å². The highest BCUT2D eigenvalue weighted by molar-refractivity contribution is 9.10. The molecule has 2 amide bonds. The van der Waals surface area contributed by atoms with E-state index in [1.54, 1.807) is 20.8 Å². The normalized spacial score (nSPS) is 21.4. The van der Waals surface area contributed by atoms with Gasteiger partial charge < -0.3 is 9.53 Å². The van der Waals surface area contributed by atoms with Crippen molar-refractivity contribution in [2.24, 2.45) is 5.92 Å². The van der Waals surface area contributed by atoms with Crippen LogP contribution >= 0.6 is 15.9 Å². The van der Waals surface area contributed by atoms with Crippen molar-refractivity contribution >= 4 is 34.2 Å². The molecule has 0 N–H and O–H groups in total. The molecule has 2 atom stereocenters. The monoisotopic (exact) mass is 381 g/mol. The van der Waals surface area contributed by atoms with E-state index < -0.39 is 23.5 Å². The first kappa shape index (κ1) is 17.7. The molecule has 1 fully saturated rings. The lowest BCUT2D eigenvalue weighted by atomic mass is 10.0. The molecule has 1 aromatic carbocycles. The van der Waals surface area contributed by atoms with Crippen LogP contribution in [0.15, 0.2) is 28.7 Å². The van der Waals surface area contributed by atoms with Crippen LogP contribution in [0.25, 0.3) is 0 Å². The van der Waals surface area contributed by atoms with Gasteiger partial charge in [0, 0.05) is 10.5 Å². The van der Waals surface area contributed by atoms with Gasteiger partial charge in [0.15, 0.2) is 0 Å². The topological polar surface area (TPSA) is 63.7 Å². The molecule has 5 nitrogen and oxygen atoms in total. The molecule has 0 aliphatic carbocycles. The first-order chi connectivity index (χ1) is 10.7. The maximum absolute atomic E-state index is 12.3. The summed E-state index contributed by atoms with van der Waals surface area (Å²) < 4.78 is 6.27. The fourth-order valence-corrected chi connectivity index (χ4v) is 2.85. The second kappa shape index (κ2) is 6.83. The lowest BCUT2D eigenvalue weighted by molar-refractivity contribution is -0.133. The third-order valence-corrected chi connectivity index (χ3v) is 4.11. The van der Waals surface area contributed by atoms with Gasteiger partial charge in [-0.3, -0.25) is 4.79 Å². The Balaban J connectivity index is 2.20. The van der Waals surface area contributed by atoms with Gasteiger partial charge in [-0.25, -0.2) is 9.69 Å². The summed E-state index contributed by atoms with van der Waals surface area (Å²) in [7, 11) is 0.